The number of rotatable bonds is 4. The van der Waals surface area contributed by atoms with Crippen molar-refractivity contribution >= 4 is 11.6 Å². The molecule has 1 aliphatic rings. The van der Waals surface area contributed by atoms with Crippen LogP contribution in [0.4, 0.5) is 5.69 Å². The zero-order chi connectivity index (χ0) is 13.2. The van der Waals surface area contributed by atoms with Crippen LogP contribution in [0.2, 0.25) is 0 Å². The van der Waals surface area contributed by atoms with Crippen LogP contribution in [0.25, 0.3) is 0 Å². The van der Waals surface area contributed by atoms with Crippen molar-refractivity contribution in [2.75, 3.05) is 18.9 Å². The van der Waals surface area contributed by atoms with Crippen molar-refractivity contribution in [3.05, 3.63) is 18.0 Å². The lowest BCUT2D eigenvalue weighted by Gasteiger charge is -2.26. The molecule has 0 aromatic carbocycles. The molecule has 5 heteroatoms. The monoisotopic (exact) mass is 251 g/mol. The third-order valence-electron chi connectivity index (χ3n) is 3.88. The summed E-state index contributed by atoms with van der Waals surface area (Å²) in [5.41, 5.74) is 6.67. The lowest BCUT2D eigenvalue weighted by atomic mass is 9.87. The molecule has 1 amide bonds. The van der Waals surface area contributed by atoms with Gasteiger partial charge in [-0.15, -0.1) is 0 Å². The Morgan fingerprint density at radius 1 is 1.56 bits per heavy atom. The fourth-order valence-electron chi connectivity index (χ4n) is 2.69. The Bertz CT molecular complexity index is 433. The van der Waals surface area contributed by atoms with Gasteiger partial charge in [-0.2, -0.15) is 0 Å². The molecule has 0 saturated heterocycles. The highest BCUT2D eigenvalue weighted by Gasteiger charge is 2.33. The maximum Gasteiger partial charge on any atom is 0.267 e. The second-order valence-corrected chi connectivity index (χ2v) is 5.32. The molecule has 1 aromatic heterocycles. The van der Waals surface area contributed by atoms with E-state index in [-0.39, 0.29) is 17.9 Å². The Kier molecular flexibility index (Phi) is 3.61. The second kappa shape index (κ2) is 5.02. The van der Waals surface area contributed by atoms with Crippen molar-refractivity contribution in [2.24, 2.45) is 12.5 Å². The van der Waals surface area contributed by atoms with Gasteiger partial charge in [0.1, 0.15) is 5.69 Å². The van der Waals surface area contributed by atoms with Gasteiger partial charge < -0.3 is 20.7 Å². The number of carbonyl (C=O) groups is 1. The summed E-state index contributed by atoms with van der Waals surface area (Å²) in [5.74, 6) is -0.131. The molecule has 18 heavy (non-hydrogen) atoms. The van der Waals surface area contributed by atoms with Gasteiger partial charge in [-0.1, -0.05) is 12.8 Å². The van der Waals surface area contributed by atoms with Gasteiger partial charge in [0.15, 0.2) is 0 Å². The quantitative estimate of drug-likeness (QED) is 0.743. The minimum Gasteiger partial charge on any atom is -0.397 e. The van der Waals surface area contributed by atoms with Gasteiger partial charge in [0, 0.05) is 25.2 Å². The van der Waals surface area contributed by atoms with E-state index >= 15 is 0 Å². The van der Waals surface area contributed by atoms with E-state index in [1.807, 2.05) is 0 Å². The number of amides is 1. The zero-order valence-corrected chi connectivity index (χ0v) is 10.8. The summed E-state index contributed by atoms with van der Waals surface area (Å²) in [6, 6.07) is 1.66. The Morgan fingerprint density at radius 2 is 2.22 bits per heavy atom. The average molecular weight is 251 g/mol. The van der Waals surface area contributed by atoms with Crippen LogP contribution in [0.1, 0.15) is 36.2 Å². The lowest BCUT2D eigenvalue weighted by Crippen LogP contribution is -2.38. The van der Waals surface area contributed by atoms with Crippen LogP contribution in [0.15, 0.2) is 12.3 Å². The molecule has 0 spiro atoms. The molecular formula is C13H21N3O2. The number of hydrogen-bond acceptors (Lipinski definition) is 3. The molecule has 1 aromatic rings. The molecule has 0 atom stereocenters. The van der Waals surface area contributed by atoms with Crippen molar-refractivity contribution in [3.8, 4) is 0 Å². The predicted octanol–water partition coefficient (Wildman–Crippen LogP) is 0.890. The highest BCUT2D eigenvalue weighted by atomic mass is 16.3. The first kappa shape index (κ1) is 13.0. The molecule has 0 unspecified atom stereocenters. The normalized spacial score (nSPS) is 17.9. The molecule has 1 heterocycles. The van der Waals surface area contributed by atoms with Crippen molar-refractivity contribution in [2.45, 2.75) is 25.7 Å². The number of aryl methyl sites for hydroxylation is 1. The number of nitrogen functional groups attached to an aromatic ring is 1. The molecule has 0 bridgehead atoms. The Hall–Kier alpha value is -1.49. The van der Waals surface area contributed by atoms with Crippen LogP contribution < -0.4 is 11.1 Å². The van der Waals surface area contributed by atoms with Crippen LogP contribution in [-0.2, 0) is 7.05 Å². The number of carbonyl (C=O) groups excluding carboxylic acids is 1. The largest absolute Gasteiger partial charge is 0.397 e. The number of anilines is 1. The number of aliphatic hydroxyl groups excluding tert-OH is 1. The van der Waals surface area contributed by atoms with Crippen LogP contribution in [0.5, 0.6) is 0 Å². The van der Waals surface area contributed by atoms with E-state index in [4.69, 9.17) is 5.73 Å². The van der Waals surface area contributed by atoms with Gasteiger partial charge >= 0.3 is 0 Å². The van der Waals surface area contributed by atoms with E-state index in [1.54, 1.807) is 23.9 Å². The van der Waals surface area contributed by atoms with Crippen LogP contribution in [0, 0.1) is 5.41 Å². The molecule has 100 valence electrons. The summed E-state index contributed by atoms with van der Waals surface area (Å²) < 4.78 is 1.71. The Morgan fingerprint density at radius 3 is 2.72 bits per heavy atom. The van der Waals surface area contributed by atoms with Gasteiger partial charge in [0.25, 0.3) is 5.91 Å². The molecular weight excluding hydrogens is 230 g/mol. The van der Waals surface area contributed by atoms with Crippen LogP contribution in [-0.4, -0.2) is 28.7 Å². The number of nitrogens with two attached hydrogens (primary N) is 1. The van der Waals surface area contributed by atoms with E-state index in [9.17, 15) is 9.90 Å². The number of nitrogens with one attached hydrogen (secondary N) is 1. The van der Waals surface area contributed by atoms with Crippen molar-refractivity contribution < 1.29 is 9.90 Å². The minimum atomic E-state index is -0.131. The SMILES string of the molecule is Cn1cc(N)cc1C(=O)NCC1(CO)CCCC1. The molecule has 0 aliphatic heterocycles. The summed E-state index contributed by atoms with van der Waals surface area (Å²) in [6.07, 6.45) is 5.95. The maximum atomic E-state index is 12.0. The summed E-state index contributed by atoms with van der Waals surface area (Å²) in [7, 11) is 1.79. The molecule has 1 aliphatic carbocycles. The lowest BCUT2D eigenvalue weighted by molar-refractivity contribution is 0.0873. The number of nitrogens with zero attached hydrogens (tertiary/aromatic N) is 1. The number of aliphatic hydroxyl groups is 1. The topological polar surface area (TPSA) is 80.3 Å². The zero-order valence-electron chi connectivity index (χ0n) is 10.8. The highest BCUT2D eigenvalue weighted by Crippen LogP contribution is 2.36. The van der Waals surface area contributed by atoms with E-state index in [0.717, 1.165) is 25.7 Å². The first-order chi connectivity index (χ1) is 8.56. The summed E-state index contributed by atoms with van der Waals surface area (Å²) in [6.45, 7) is 0.677. The van der Waals surface area contributed by atoms with Crippen LogP contribution >= 0.6 is 0 Å². The highest BCUT2D eigenvalue weighted by molar-refractivity contribution is 5.93. The van der Waals surface area contributed by atoms with E-state index in [1.165, 1.54) is 0 Å². The Labute approximate surface area is 107 Å². The summed E-state index contributed by atoms with van der Waals surface area (Å²) >= 11 is 0. The minimum absolute atomic E-state index is 0.119. The van der Waals surface area contributed by atoms with Gasteiger partial charge in [-0.05, 0) is 18.9 Å². The smallest absolute Gasteiger partial charge is 0.267 e. The van der Waals surface area contributed by atoms with E-state index in [0.29, 0.717) is 17.9 Å². The van der Waals surface area contributed by atoms with Gasteiger partial charge in [0.2, 0.25) is 0 Å². The molecule has 1 saturated carbocycles. The summed E-state index contributed by atoms with van der Waals surface area (Å²) in [4.78, 5) is 12.0. The van der Waals surface area contributed by atoms with Gasteiger partial charge in [0.05, 0.1) is 12.3 Å². The fraction of sp³-hybridized carbons (Fsp3) is 0.615. The standard InChI is InChI=1S/C13H21N3O2/c1-16-7-10(14)6-11(16)12(18)15-8-13(9-17)4-2-3-5-13/h6-7,17H,2-5,8-9,14H2,1H3,(H,15,18). The van der Waals surface area contributed by atoms with Crippen molar-refractivity contribution in [1.29, 1.82) is 0 Å². The summed E-state index contributed by atoms with van der Waals surface area (Å²) in [5, 5.41) is 12.4. The first-order valence-electron chi connectivity index (χ1n) is 6.37. The number of aromatic nitrogens is 1. The predicted molar refractivity (Wildman–Crippen MR) is 70.1 cm³/mol. The van der Waals surface area contributed by atoms with Gasteiger partial charge in [-0.25, -0.2) is 0 Å². The molecule has 4 N–H and O–H groups in total. The van der Waals surface area contributed by atoms with E-state index in [2.05, 4.69) is 5.32 Å². The van der Waals surface area contributed by atoms with Crippen LogP contribution in [0.3, 0.4) is 0 Å². The van der Waals surface area contributed by atoms with Gasteiger partial charge in [-0.3, -0.25) is 4.79 Å². The average Bonchev–Trinajstić information content (AvgIpc) is 2.94. The molecule has 5 nitrogen and oxygen atoms in total. The maximum absolute atomic E-state index is 12.0. The third-order valence-corrected chi connectivity index (χ3v) is 3.88. The number of hydrogen-bond donors (Lipinski definition) is 3. The molecule has 1 fully saturated rings. The van der Waals surface area contributed by atoms with Crippen molar-refractivity contribution in [1.82, 2.24) is 9.88 Å². The molecule has 2 rings (SSSR count). The van der Waals surface area contributed by atoms with Crippen molar-refractivity contribution in [3.63, 3.8) is 0 Å². The van der Waals surface area contributed by atoms with E-state index < -0.39 is 0 Å². The second-order valence-electron chi connectivity index (χ2n) is 5.32. The third kappa shape index (κ3) is 2.51. The first-order valence-corrected chi connectivity index (χ1v) is 6.37. The Balaban J connectivity index is 1.98. The fourth-order valence-corrected chi connectivity index (χ4v) is 2.69. The molecule has 0 radical (unpaired) electrons.